The first-order valence-corrected chi connectivity index (χ1v) is 6.39. The third kappa shape index (κ3) is 5.14. The molecule has 108 valence electrons. The minimum atomic E-state index is -0.907. The van der Waals surface area contributed by atoms with E-state index in [-0.39, 0.29) is 18.9 Å². The SMILES string of the molecule is CCN(CCC(=O)O)C(=O)/C=C/c1ccc(OC)cc1. The summed E-state index contributed by atoms with van der Waals surface area (Å²) in [5.74, 6) is -0.343. The van der Waals surface area contributed by atoms with Gasteiger partial charge in [0.1, 0.15) is 5.75 Å². The molecule has 1 aromatic rings. The number of benzene rings is 1. The molecule has 5 heteroatoms. The lowest BCUT2D eigenvalue weighted by Crippen LogP contribution is -2.31. The summed E-state index contributed by atoms with van der Waals surface area (Å²) in [4.78, 5) is 23.9. The molecule has 1 amide bonds. The van der Waals surface area contributed by atoms with Crippen LogP contribution in [0.1, 0.15) is 18.9 Å². The molecule has 0 bridgehead atoms. The number of amides is 1. The van der Waals surface area contributed by atoms with Crippen LogP contribution in [0.15, 0.2) is 30.3 Å². The maximum Gasteiger partial charge on any atom is 0.305 e. The van der Waals surface area contributed by atoms with E-state index in [1.807, 2.05) is 31.2 Å². The van der Waals surface area contributed by atoms with Crippen molar-refractivity contribution < 1.29 is 19.4 Å². The number of likely N-dealkylation sites (N-methyl/N-ethyl adjacent to an activating group) is 1. The summed E-state index contributed by atoms with van der Waals surface area (Å²) in [5.41, 5.74) is 0.883. The first-order valence-electron chi connectivity index (χ1n) is 6.39. The molecule has 0 aromatic heterocycles. The summed E-state index contributed by atoms with van der Waals surface area (Å²) < 4.78 is 5.05. The molecular weight excluding hydrogens is 258 g/mol. The molecule has 0 heterocycles. The second kappa shape index (κ2) is 7.99. The molecule has 0 radical (unpaired) electrons. The molecule has 0 aliphatic carbocycles. The molecule has 5 nitrogen and oxygen atoms in total. The zero-order valence-corrected chi connectivity index (χ0v) is 11.7. The Morgan fingerprint density at radius 2 is 1.95 bits per heavy atom. The number of carboxylic acid groups (broad SMARTS) is 1. The number of carboxylic acids is 1. The predicted octanol–water partition coefficient (Wildman–Crippen LogP) is 2.03. The lowest BCUT2D eigenvalue weighted by molar-refractivity contribution is -0.137. The molecule has 20 heavy (non-hydrogen) atoms. The lowest BCUT2D eigenvalue weighted by atomic mass is 10.2. The molecular formula is C15H19NO4. The highest BCUT2D eigenvalue weighted by Crippen LogP contribution is 2.12. The number of aliphatic carboxylic acids is 1. The minimum absolute atomic E-state index is 0.0457. The number of hydrogen-bond donors (Lipinski definition) is 1. The Labute approximate surface area is 118 Å². The van der Waals surface area contributed by atoms with Crippen molar-refractivity contribution in [2.75, 3.05) is 20.2 Å². The summed E-state index contributed by atoms with van der Waals surface area (Å²) in [6.07, 6.45) is 3.11. The van der Waals surface area contributed by atoms with Gasteiger partial charge in [-0.15, -0.1) is 0 Å². The monoisotopic (exact) mass is 277 g/mol. The average molecular weight is 277 g/mol. The molecule has 0 saturated heterocycles. The number of methoxy groups -OCH3 is 1. The zero-order valence-electron chi connectivity index (χ0n) is 11.7. The quantitative estimate of drug-likeness (QED) is 0.774. The Hall–Kier alpha value is -2.30. The average Bonchev–Trinajstić information content (AvgIpc) is 2.46. The van der Waals surface area contributed by atoms with Crippen LogP contribution in [-0.2, 0) is 9.59 Å². The van der Waals surface area contributed by atoms with Crippen LogP contribution in [0.5, 0.6) is 5.75 Å². The van der Waals surface area contributed by atoms with Gasteiger partial charge in [0.05, 0.1) is 13.5 Å². The second-order valence-corrected chi connectivity index (χ2v) is 4.17. The fourth-order valence-corrected chi connectivity index (χ4v) is 1.64. The van der Waals surface area contributed by atoms with Crippen molar-refractivity contribution in [3.63, 3.8) is 0 Å². The first-order chi connectivity index (χ1) is 9.56. The van der Waals surface area contributed by atoms with Crippen molar-refractivity contribution in [1.82, 2.24) is 4.90 Å². The molecule has 0 aliphatic rings. The maximum absolute atomic E-state index is 11.9. The summed E-state index contributed by atoms with van der Waals surface area (Å²) in [5, 5.41) is 8.63. The number of hydrogen-bond acceptors (Lipinski definition) is 3. The van der Waals surface area contributed by atoms with Crippen LogP contribution in [-0.4, -0.2) is 42.1 Å². The van der Waals surface area contributed by atoms with Gasteiger partial charge in [-0.25, -0.2) is 0 Å². The topological polar surface area (TPSA) is 66.8 Å². The number of carbonyl (C=O) groups is 2. The molecule has 0 atom stereocenters. The van der Waals surface area contributed by atoms with Crippen LogP contribution in [0.3, 0.4) is 0 Å². The second-order valence-electron chi connectivity index (χ2n) is 4.17. The van der Waals surface area contributed by atoms with Gasteiger partial charge in [0.2, 0.25) is 5.91 Å². The van der Waals surface area contributed by atoms with Gasteiger partial charge in [0.15, 0.2) is 0 Å². The molecule has 0 spiro atoms. The van der Waals surface area contributed by atoms with Crippen LogP contribution >= 0.6 is 0 Å². The van der Waals surface area contributed by atoms with Crippen LogP contribution in [0.25, 0.3) is 6.08 Å². The zero-order chi connectivity index (χ0) is 15.0. The fourth-order valence-electron chi connectivity index (χ4n) is 1.64. The summed E-state index contributed by atoms with van der Waals surface area (Å²) >= 11 is 0. The Kier molecular flexibility index (Phi) is 6.29. The Morgan fingerprint density at radius 1 is 1.30 bits per heavy atom. The lowest BCUT2D eigenvalue weighted by Gasteiger charge is -2.17. The highest BCUT2D eigenvalue weighted by molar-refractivity contribution is 5.92. The van der Waals surface area contributed by atoms with Crippen LogP contribution in [0.4, 0.5) is 0 Å². The number of ether oxygens (including phenoxy) is 1. The van der Waals surface area contributed by atoms with Crippen molar-refractivity contribution >= 4 is 18.0 Å². The molecule has 0 saturated carbocycles. The van der Waals surface area contributed by atoms with E-state index in [4.69, 9.17) is 9.84 Å². The van der Waals surface area contributed by atoms with E-state index in [0.29, 0.717) is 6.54 Å². The highest BCUT2D eigenvalue weighted by atomic mass is 16.5. The van der Waals surface area contributed by atoms with E-state index in [0.717, 1.165) is 11.3 Å². The summed E-state index contributed by atoms with van der Waals surface area (Å²) in [6, 6.07) is 7.31. The van der Waals surface area contributed by atoms with Gasteiger partial charge in [-0.1, -0.05) is 12.1 Å². The van der Waals surface area contributed by atoms with E-state index in [9.17, 15) is 9.59 Å². The molecule has 1 rings (SSSR count). The van der Waals surface area contributed by atoms with Crippen molar-refractivity contribution in [2.24, 2.45) is 0 Å². The minimum Gasteiger partial charge on any atom is -0.497 e. The molecule has 0 aliphatic heterocycles. The van der Waals surface area contributed by atoms with Crippen molar-refractivity contribution in [3.8, 4) is 5.75 Å². The molecule has 1 aromatic carbocycles. The van der Waals surface area contributed by atoms with Crippen LogP contribution in [0, 0.1) is 0 Å². The number of rotatable bonds is 7. The van der Waals surface area contributed by atoms with E-state index in [1.165, 1.54) is 11.0 Å². The first kappa shape index (κ1) is 15.8. The van der Waals surface area contributed by atoms with Gasteiger partial charge in [0, 0.05) is 19.2 Å². The standard InChI is InChI=1S/C15H19NO4/c1-3-16(11-10-15(18)19)14(17)9-6-12-4-7-13(20-2)8-5-12/h4-9H,3,10-11H2,1-2H3,(H,18,19)/b9-6+. The Morgan fingerprint density at radius 3 is 2.45 bits per heavy atom. The van der Waals surface area contributed by atoms with Gasteiger partial charge >= 0.3 is 5.97 Å². The van der Waals surface area contributed by atoms with Crippen LogP contribution < -0.4 is 4.74 Å². The van der Waals surface area contributed by atoms with Gasteiger partial charge in [0.25, 0.3) is 0 Å². The van der Waals surface area contributed by atoms with E-state index in [2.05, 4.69) is 0 Å². The van der Waals surface area contributed by atoms with E-state index >= 15 is 0 Å². The predicted molar refractivity (Wildman–Crippen MR) is 76.5 cm³/mol. The summed E-state index contributed by atoms with van der Waals surface area (Å²) in [6.45, 7) is 2.53. The van der Waals surface area contributed by atoms with Crippen molar-refractivity contribution in [3.05, 3.63) is 35.9 Å². The molecule has 0 unspecified atom stereocenters. The van der Waals surface area contributed by atoms with Gasteiger partial charge in [-0.2, -0.15) is 0 Å². The summed E-state index contributed by atoms with van der Waals surface area (Å²) in [7, 11) is 1.59. The maximum atomic E-state index is 11.9. The van der Waals surface area contributed by atoms with Crippen molar-refractivity contribution in [2.45, 2.75) is 13.3 Å². The van der Waals surface area contributed by atoms with Gasteiger partial charge in [-0.3, -0.25) is 9.59 Å². The van der Waals surface area contributed by atoms with E-state index < -0.39 is 5.97 Å². The number of carbonyl (C=O) groups excluding carboxylic acids is 1. The van der Waals surface area contributed by atoms with Crippen molar-refractivity contribution in [1.29, 1.82) is 0 Å². The Bertz CT molecular complexity index is 479. The highest BCUT2D eigenvalue weighted by Gasteiger charge is 2.09. The van der Waals surface area contributed by atoms with Crippen LogP contribution in [0.2, 0.25) is 0 Å². The van der Waals surface area contributed by atoms with Gasteiger partial charge in [-0.05, 0) is 30.7 Å². The fraction of sp³-hybridized carbons (Fsp3) is 0.333. The molecule has 0 fully saturated rings. The van der Waals surface area contributed by atoms with E-state index in [1.54, 1.807) is 13.2 Å². The third-order valence-corrected chi connectivity index (χ3v) is 2.82. The van der Waals surface area contributed by atoms with Gasteiger partial charge < -0.3 is 14.7 Å². The molecule has 1 N–H and O–H groups in total. The third-order valence-electron chi connectivity index (χ3n) is 2.82. The normalized spacial score (nSPS) is 10.5. The smallest absolute Gasteiger partial charge is 0.305 e. The number of nitrogens with zero attached hydrogens (tertiary/aromatic N) is 1. The largest absolute Gasteiger partial charge is 0.497 e. The Balaban J connectivity index is 2.61.